The molecule has 0 aromatic heterocycles. The summed E-state index contributed by atoms with van der Waals surface area (Å²) in [6, 6.07) is 0. The van der Waals surface area contributed by atoms with E-state index in [1.807, 2.05) is 13.8 Å². The molecule has 0 saturated heterocycles. The largest absolute Gasteiger partial charge is 0.496 e. The summed E-state index contributed by atoms with van der Waals surface area (Å²) in [5.41, 5.74) is 2.61. The third-order valence-corrected chi connectivity index (χ3v) is 2.43. The van der Waals surface area contributed by atoms with Crippen molar-refractivity contribution in [3.05, 3.63) is 35.1 Å². The highest BCUT2D eigenvalue weighted by atomic mass is 16.5. The zero-order chi connectivity index (χ0) is 11.6. The Bertz CT molecular complexity index is 364. The number of carbonyl (C=O) groups excluding carboxylic acids is 1. The summed E-state index contributed by atoms with van der Waals surface area (Å²) in [5.74, 6) is 0.705. The molecule has 0 spiro atoms. The van der Waals surface area contributed by atoms with Gasteiger partial charge in [0.2, 0.25) is 0 Å². The van der Waals surface area contributed by atoms with Crippen LogP contribution in [0.1, 0.15) is 13.8 Å². The Morgan fingerprint density at radius 3 is 2.53 bits per heavy atom. The molecule has 0 N–H and O–H groups in total. The van der Waals surface area contributed by atoms with Crippen LogP contribution in [-0.2, 0) is 9.53 Å². The number of hydrogen-bond acceptors (Lipinski definition) is 2. The number of hydrogen-bond donors (Lipinski definition) is 0. The molecule has 3 heteroatoms. The fraction of sp³-hybridized carbons (Fsp3) is 0.417. The first kappa shape index (κ1) is 11.6. The van der Waals surface area contributed by atoms with Gasteiger partial charge in [-0.2, -0.15) is 0 Å². The van der Waals surface area contributed by atoms with Crippen molar-refractivity contribution in [1.82, 2.24) is 4.90 Å². The van der Waals surface area contributed by atoms with Crippen molar-refractivity contribution >= 4 is 5.91 Å². The molecule has 1 rings (SSSR count). The van der Waals surface area contributed by atoms with Gasteiger partial charge in [-0.1, -0.05) is 6.58 Å². The van der Waals surface area contributed by atoms with Crippen molar-refractivity contribution in [2.45, 2.75) is 13.8 Å². The Hall–Kier alpha value is -1.51. The Kier molecular flexibility index (Phi) is 3.35. The van der Waals surface area contributed by atoms with Gasteiger partial charge in [0.25, 0.3) is 5.91 Å². The van der Waals surface area contributed by atoms with Gasteiger partial charge in [-0.15, -0.1) is 0 Å². The molecule has 0 atom stereocenters. The second-order valence-electron chi connectivity index (χ2n) is 3.85. The Labute approximate surface area is 90.7 Å². The lowest BCUT2D eigenvalue weighted by Crippen LogP contribution is -2.21. The predicted octanol–water partition coefficient (Wildman–Crippen LogP) is 1.88. The van der Waals surface area contributed by atoms with Crippen LogP contribution in [0.4, 0.5) is 0 Å². The smallest absolute Gasteiger partial charge is 0.254 e. The van der Waals surface area contributed by atoms with Gasteiger partial charge < -0.3 is 9.64 Å². The molecular weight excluding hydrogens is 190 g/mol. The van der Waals surface area contributed by atoms with E-state index in [2.05, 4.69) is 6.58 Å². The second kappa shape index (κ2) is 4.34. The minimum absolute atomic E-state index is 0.0447. The summed E-state index contributed by atoms with van der Waals surface area (Å²) in [4.78, 5) is 13.4. The summed E-state index contributed by atoms with van der Waals surface area (Å²) < 4.78 is 5.16. The third-order valence-electron chi connectivity index (χ3n) is 2.43. The molecule has 15 heavy (non-hydrogen) atoms. The summed E-state index contributed by atoms with van der Waals surface area (Å²) in [6.45, 7) is 8.30. The normalized spacial score (nSPS) is 17.5. The number of methoxy groups -OCH3 is 1. The molecular formula is C12H17NO2. The number of carbonyl (C=O) groups is 1. The fourth-order valence-corrected chi connectivity index (χ4v) is 1.57. The van der Waals surface area contributed by atoms with Crippen molar-refractivity contribution < 1.29 is 9.53 Å². The van der Waals surface area contributed by atoms with Crippen LogP contribution >= 0.6 is 0 Å². The van der Waals surface area contributed by atoms with Crippen LogP contribution in [0, 0.1) is 0 Å². The minimum Gasteiger partial charge on any atom is -0.496 e. The third kappa shape index (κ3) is 2.29. The molecule has 1 aliphatic rings. The SMILES string of the molecule is C=C(C)/C(=C\C1=C(C)CN(C)C1=O)OC. The number of amides is 1. The number of rotatable bonds is 3. The van der Waals surface area contributed by atoms with E-state index in [0.29, 0.717) is 12.3 Å². The number of likely N-dealkylation sites (N-methyl/N-ethyl adjacent to an activating group) is 1. The molecule has 0 bridgehead atoms. The Balaban J connectivity index is 3.04. The van der Waals surface area contributed by atoms with Gasteiger partial charge in [0, 0.05) is 19.2 Å². The van der Waals surface area contributed by atoms with Crippen LogP contribution in [0.15, 0.2) is 35.1 Å². The lowest BCUT2D eigenvalue weighted by Gasteiger charge is -2.08. The van der Waals surface area contributed by atoms with Gasteiger partial charge in [-0.3, -0.25) is 4.79 Å². The van der Waals surface area contributed by atoms with Gasteiger partial charge in [0.1, 0.15) is 5.76 Å². The van der Waals surface area contributed by atoms with E-state index in [0.717, 1.165) is 16.7 Å². The molecule has 0 radical (unpaired) electrons. The molecule has 0 saturated carbocycles. The molecule has 1 amide bonds. The highest BCUT2D eigenvalue weighted by Gasteiger charge is 2.23. The topological polar surface area (TPSA) is 29.5 Å². The van der Waals surface area contributed by atoms with E-state index >= 15 is 0 Å². The first-order valence-electron chi connectivity index (χ1n) is 4.84. The van der Waals surface area contributed by atoms with Crippen molar-refractivity contribution in [3.63, 3.8) is 0 Å². The maximum Gasteiger partial charge on any atom is 0.254 e. The van der Waals surface area contributed by atoms with Gasteiger partial charge in [-0.25, -0.2) is 0 Å². The molecule has 0 aromatic carbocycles. The van der Waals surface area contributed by atoms with Gasteiger partial charge >= 0.3 is 0 Å². The predicted molar refractivity (Wildman–Crippen MR) is 60.2 cm³/mol. The zero-order valence-corrected chi connectivity index (χ0v) is 9.76. The van der Waals surface area contributed by atoms with E-state index in [9.17, 15) is 4.79 Å². The van der Waals surface area contributed by atoms with Crippen LogP contribution in [0.25, 0.3) is 0 Å². The molecule has 3 nitrogen and oxygen atoms in total. The van der Waals surface area contributed by atoms with Crippen molar-refractivity contribution in [3.8, 4) is 0 Å². The maximum atomic E-state index is 11.7. The molecule has 0 aliphatic carbocycles. The Morgan fingerprint density at radius 2 is 2.20 bits per heavy atom. The summed E-state index contributed by atoms with van der Waals surface area (Å²) >= 11 is 0. The van der Waals surface area contributed by atoms with Crippen LogP contribution in [-0.4, -0.2) is 31.5 Å². The van der Waals surface area contributed by atoms with Crippen LogP contribution in [0.3, 0.4) is 0 Å². The van der Waals surface area contributed by atoms with E-state index < -0.39 is 0 Å². The van der Waals surface area contributed by atoms with Crippen molar-refractivity contribution in [2.24, 2.45) is 0 Å². The quantitative estimate of drug-likeness (QED) is 0.522. The van der Waals surface area contributed by atoms with Crippen LogP contribution < -0.4 is 0 Å². The molecule has 82 valence electrons. The number of nitrogens with zero attached hydrogens (tertiary/aromatic N) is 1. The van der Waals surface area contributed by atoms with E-state index in [4.69, 9.17) is 4.74 Å². The summed E-state index contributed by atoms with van der Waals surface area (Å²) in [5, 5.41) is 0. The molecule has 1 heterocycles. The monoisotopic (exact) mass is 207 g/mol. The first-order chi connectivity index (χ1) is 6.97. The summed E-state index contributed by atoms with van der Waals surface area (Å²) in [7, 11) is 3.37. The average Bonchev–Trinajstić information content (AvgIpc) is 2.39. The van der Waals surface area contributed by atoms with E-state index in [1.165, 1.54) is 0 Å². The summed E-state index contributed by atoms with van der Waals surface area (Å²) in [6.07, 6.45) is 1.77. The number of allylic oxidation sites excluding steroid dienone is 1. The van der Waals surface area contributed by atoms with Crippen LogP contribution in [0.5, 0.6) is 0 Å². The average molecular weight is 207 g/mol. The Morgan fingerprint density at radius 1 is 1.60 bits per heavy atom. The van der Waals surface area contributed by atoms with Crippen molar-refractivity contribution in [1.29, 1.82) is 0 Å². The van der Waals surface area contributed by atoms with Gasteiger partial charge in [-0.05, 0) is 31.1 Å². The van der Waals surface area contributed by atoms with Crippen molar-refractivity contribution in [2.75, 3.05) is 20.7 Å². The molecule has 1 aliphatic heterocycles. The first-order valence-corrected chi connectivity index (χ1v) is 4.84. The highest BCUT2D eigenvalue weighted by Crippen LogP contribution is 2.21. The second-order valence-corrected chi connectivity index (χ2v) is 3.85. The standard InChI is InChI=1S/C12H17NO2/c1-8(2)11(15-5)6-10-9(3)7-13(4)12(10)14/h6H,1,7H2,2-5H3/b11-6+. The van der Waals surface area contributed by atoms with Gasteiger partial charge in [0.15, 0.2) is 0 Å². The molecule has 0 aromatic rings. The van der Waals surface area contributed by atoms with Crippen LogP contribution in [0.2, 0.25) is 0 Å². The molecule has 0 unspecified atom stereocenters. The van der Waals surface area contributed by atoms with E-state index in [-0.39, 0.29) is 5.91 Å². The van der Waals surface area contributed by atoms with E-state index in [1.54, 1.807) is 25.1 Å². The number of ether oxygens (including phenoxy) is 1. The fourth-order valence-electron chi connectivity index (χ4n) is 1.57. The minimum atomic E-state index is 0.0447. The molecule has 0 fully saturated rings. The highest BCUT2D eigenvalue weighted by molar-refractivity contribution is 5.99. The zero-order valence-electron chi connectivity index (χ0n) is 9.76. The lowest BCUT2D eigenvalue weighted by molar-refractivity contribution is -0.124. The maximum absolute atomic E-state index is 11.7. The lowest BCUT2D eigenvalue weighted by atomic mass is 10.1. The van der Waals surface area contributed by atoms with Gasteiger partial charge in [0.05, 0.1) is 7.11 Å².